The third-order valence-electron chi connectivity index (χ3n) is 3.71. The van der Waals surface area contributed by atoms with E-state index in [9.17, 15) is 0 Å². The maximum Gasteiger partial charge on any atom is 0.191 e. The SMILES string of the molecule is CCNC(=NCc1ccnn1C)NCCCCn1ccnc1C. The lowest BCUT2D eigenvalue weighted by atomic mass is 10.3. The van der Waals surface area contributed by atoms with Crippen LogP contribution in [-0.2, 0) is 20.1 Å². The molecule has 0 unspecified atom stereocenters. The van der Waals surface area contributed by atoms with Gasteiger partial charge >= 0.3 is 0 Å². The summed E-state index contributed by atoms with van der Waals surface area (Å²) in [5, 5.41) is 10.8. The maximum atomic E-state index is 4.60. The highest BCUT2D eigenvalue weighted by Gasteiger charge is 2.01. The fraction of sp³-hybridized carbons (Fsp3) is 0.562. The minimum absolute atomic E-state index is 0.625. The number of rotatable bonds is 8. The van der Waals surface area contributed by atoms with E-state index in [1.807, 2.05) is 37.1 Å². The molecule has 0 atom stereocenters. The van der Waals surface area contributed by atoms with E-state index in [1.165, 1.54) is 0 Å². The molecule has 0 aliphatic carbocycles. The van der Waals surface area contributed by atoms with Crippen LogP contribution in [0, 0.1) is 6.92 Å². The van der Waals surface area contributed by atoms with E-state index in [4.69, 9.17) is 0 Å². The lowest BCUT2D eigenvalue weighted by Gasteiger charge is -2.11. The van der Waals surface area contributed by atoms with Gasteiger partial charge < -0.3 is 15.2 Å². The molecule has 7 heteroatoms. The molecule has 0 aliphatic heterocycles. The van der Waals surface area contributed by atoms with Gasteiger partial charge in [-0.25, -0.2) is 9.98 Å². The van der Waals surface area contributed by atoms with Gasteiger partial charge in [0, 0.05) is 45.3 Å². The number of aromatic nitrogens is 4. The van der Waals surface area contributed by atoms with E-state index in [-0.39, 0.29) is 0 Å². The second kappa shape index (κ2) is 8.97. The van der Waals surface area contributed by atoms with Crippen LogP contribution in [0.3, 0.4) is 0 Å². The second-order valence-corrected chi connectivity index (χ2v) is 5.44. The van der Waals surface area contributed by atoms with Crippen molar-refractivity contribution in [2.75, 3.05) is 13.1 Å². The molecule has 0 bridgehead atoms. The molecule has 23 heavy (non-hydrogen) atoms. The zero-order chi connectivity index (χ0) is 16.5. The van der Waals surface area contributed by atoms with Crippen LogP contribution in [0.5, 0.6) is 0 Å². The fourth-order valence-electron chi connectivity index (χ4n) is 2.31. The molecular weight excluding hydrogens is 290 g/mol. The van der Waals surface area contributed by atoms with Gasteiger partial charge in [-0.15, -0.1) is 0 Å². The summed E-state index contributed by atoms with van der Waals surface area (Å²) in [6.07, 6.45) is 7.88. The maximum absolute atomic E-state index is 4.60. The minimum Gasteiger partial charge on any atom is -0.357 e. The Kier molecular flexibility index (Phi) is 6.65. The molecule has 0 aromatic carbocycles. The van der Waals surface area contributed by atoms with Crippen LogP contribution in [0.1, 0.15) is 31.3 Å². The highest BCUT2D eigenvalue weighted by Crippen LogP contribution is 2.00. The standard InChI is InChI=1S/C16H27N7/c1-4-17-16(20-13-15-7-9-21-22(15)3)19-8-5-6-11-23-12-10-18-14(23)2/h7,9-10,12H,4-6,8,11,13H2,1-3H3,(H2,17,19,20). The first-order valence-corrected chi connectivity index (χ1v) is 8.17. The molecule has 0 aliphatic rings. The Bertz CT molecular complexity index is 611. The first kappa shape index (κ1) is 17.1. The Labute approximate surface area is 137 Å². The van der Waals surface area contributed by atoms with Gasteiger partial charge in [0.15, 0.2) is 5.96 Å². The molecule has 2 aromatic heterocycles. The van der Waals surface area contributed by atoms with Gasteiger partial charge in [0.1, 0.15) is 5.82 Å². The van der Waals surface area contributed by atoms with E-state index in [1.54, 1.807) is 6.20 Å². The molecule has 7 nitrogen and oxygen atoms in total. The minimum atomic E-state index is 0.625. The summed E-state index contributed by atoms with van der Waals surface area (Å²) in [6, 6.07) is 1.99. The number of aryl methyl sites for hydroxylation is 3. The number of unbranched alkanes of at least 4 members (excludes halogenated alkanes) is 1. The summed E-state index contributed by atoms with van der Waals surface area (Å²) in [6.45, 7) is 7.50. The Hall–Kier alpha value is -2.31. The molecule has 0 radical (unpaired) electrons. The normalized spacial score (nSPS) is 11.7. The van der Waals surface area contributed by atoms with Crippen LogP contribution in [-0.4, -0.2) is 38.4 Å². The third-order valence-corrected chi connectivity index (χ3v) is 3.71. The first-order valence-electron chi connectivity index (χ1n) is 8.17. The summed E-state index contributed by atoms with van der Waals surface area (Å²) in [5.74, 6) is 1.93. The lowest BCUT2D eigenvalue weighted by molar-refractivity contribution is 0.588. The first-order chi connectivity index (χ1) is 11.2. The molecule has 2 N–H and O–H groups in total. The largest absolute Gasteiger partial charge is 0.357 e. The fourth-order valence-corrected chi connectivity index (χ4v) is 2.31. The van der Waals surface area contributed by atoms with Crippen LogP contribution in [0.4, 0.5) is 0 Å². The van der Waals surface area contributed by atoms with Crippen molar-refractivity contribution in [3.05, 3.63) is 36.2 Å². The van der Waals surface area contributed by atoms with E-state index in [0.29, 0.717) is 6.54 Å². The van der Waals surface area contributed by atoms with Crippen molar-refractivity contribution in [1.29, 1.82) is 0 Å². The predicted octanol–water partition coefficient (Wildman–Crippen LogP) is 1.46. The van der Waals surface area contributed by atoms with Crippen molar-refractivity contribution in [2.24, 2.45) is 12.0 Å². The quantitative estimate of drug-likeness (QED) is 0.439. The number of hydrogen-bond donors (Lipinski definition) is 2. The molecule has 0 saturated heterocycles. The van der Waals surface area contributed by atoms with Gasteiger partial charge in [0.25, 0.3) is 0 Å². The van der Waals surface area contributed by atoms with Gasteiger partial charge in [0.2, 0.25) is 0 Å². The van der Waals surface area contributed by atoms with Crippen LogP contribution < -0.4 is 10.6 Å². The van der Waals surface area contributed by atoms with Crippen LogP contribution in [0.2, 0.25) is 0 Å². The second-order valence-electron chi connectivity index (χ2n) is 5.44. The average Bonchev–Trinajstić information content (AvgIpc) is 3.13. The molecular formula is C16H27N7. The van der Waals surface area contributed by atoms with E-state index in [2.05, 4.69) is 37.2 Å². The number of imidazole rings is 1. The number of hydrogen-bond acceptors (Lipinski definition) is 3. The summed E-state index contributed by atoms with van der Waals surface area (Å²) < 4.78 is 4.03. The van der Waals surface area contributed by atoms with Crippen LogP contribution >= 0.6 is 0 Å². The smallest absolute Gasteiger partial charge is 0.191 e. The van der Waals surface area contributed by atoms with Gasteiger partial charge in [-0.05, 0) is 32.8 Å². The highest BCUT2D eigenvalue weighted by molar-refractivity contribution is 5.79. The van der Waals surface area contributed by atoms with Crippen molar-refractivity contribution >= 4 is 5.96 Å². The molecule has 0 spiro atoms. The Morgan fingerprint density at radius 1 is 1.26 bits per heavy atom. The molecule has 0 amide bonds. The van der Waals surface area contributed by atoms with Gasteiger partial charge in [-0.1, -0.05) is 0 Å². The van der Waals surface area contributed by atoms with Crippen molar-refractivity contribution in [3.8, 4) is 0 Å². The Morgan fingerprint density at radius 2 is 2.13 bits per heavy atom. The Balaban J connectivity index is 1.71. The number of nitrogens with one attached hydrogen (secondary N) is 2. The summed E-state index contributed by atoms with van der Waals surface area (Å²) in [7, 11) is 1.93. The van der Waals surface area contributed by atoms with E-state index in [0.717, 1.165) is 50.0 Å². The van der Waals surface area contributed by atoms with Crippen molar-refractivity contribution in [1.82, 2.24) is 30.0 Å². The zero-order valence-electron chi connectivity index (χ0n) is 14.3. The monoisotopic (exact) mass is 317 g/mol. The highest BCUT2D eigenvalue weighted by atomic mass is 15.3. The molecule has 126 valence electrons. The number of aliphatic imine (C=N–C) groups is 1. The third kappa shape index (κ3) is 5.43. The number of nitrogens with zero attached hydrogens (tertiary/aromatic N) is 5. The summed E-state index contributed by atoms with van der Waals surface area (Å²) in [4.78, 5) is 8.83. The van der Waals surface area contributed by atoms with Gasteiger partial charge in [0.05, 0.1) is 12.2 Å². The zero-order valence-corrected chi connectivity index (χ0v) is 14.3. The van der Waals surface area contributed by atoms with Crippen LogP contribution in [0.15, 0.2) is 29.6 Å². The summed E-state index contributed by atoms with van der Waals surface area (Å²) >= 11 is 0. The number of guanidine groups is 1. The molecule has 0 fully saturated rings. The Morgan fingerprint density at radius 3 is 2.78 bits per heavy atom. The molecule has 2 heterocycles. The molecule has 0 saturated carbocycles. The molecule has 2 rings (SSSR count). The predicted molar refractivity (Wildman–Crippen MR) is 92.2 cm³/mol. The van der Waals surface area contributed by atoms with Crippen LogP contribution in [0.25, 0.3) is 0 Å². The summed E-state index contributed by atoms with van der Waals surface area (Å²) in [5.41, 5.74) is 1.10. The van der Waals surface area contributed by atoms with E-state index < -0.39 is 0 Å². The van der Waals surface area contributed by atoms with Crippen molar-refractivity contribution in [3.63, 3.8) is 0 Å². The van der Waals surface area contributed by atoms with Crippen molar-refractivity contribution in [2.45, 2.75) is 39.8 Å². The van der Waals surface area contributed by atoms with Gasteiger partial charge in [-0.2, -0.15) is 5.10 Å². The lowest BCUT2D eigenvalue weighted by Crippen LogP contribution is -2.37. The van der Waals surface area contributed by atoms with E-state index >= 15 is 0 Å². The molecule has 2 aromatic rings. The topological polar surface area (TPSA) is 72.1 Å². The van der Waals surface area contributed by atoms with Gasteiger partial charge in [-0.3, -0.25) is 4.68 Å². The average molecular weight is 317 g/mol. The van der Waals surface area contributed by atoms with Crippen molar-refractivity contribution < 1.29 is 0 Å².